The number of sulfone groups is 1. The molecule has 1 N–H and O–H groups in total. The molecule has 0 radical (unpaired) electrons. The van der Waals surface area contributed by atoms with Crippen LogP contribution < -0.4 is 5.56 Å². The number of hydrogen-bond donors (Lipinski definition) is 1. The van der Waals surface area contributed by atoms with Gasteiger partial charge in [0.25, 0.3) is 5.56 Å². The van der Waals surface area contributed by atoms with Crippen molar-refractivity contribution in [3.63, 3.8) is 0 Å². The fourth-order valence-electron chi connectivity index (χ4n) is 3.95. The van der Waals surface area contributed by atoms with Crippen molar-refractivity contribution in [3.8, 4) is 5.88 Å². The summed E-state index contributed by atoms with van der Waals surface area (Å²) in [6.07, 6.45) is 0.816. The van der Waals surface area contributed by atoms with Crippen molar-refractivity contribution in [1.82, 2.24) is 9.55 Å². The number of methoxy groups -OCH3 is 1. The van der Waals surface area contributed by atoms with Gasteiger partial charge in [0.2, 0.25) is 15.7 Å². The van der Waals surface area contributed by atoms with Gasteiger partial charge in [0.05, 0.1) is 17.5 Å². The highest BCUT2D eigenvalue weighted by molar-refractivity contribution is 9.10. The van der Waals surface area contributed by atoms with Gasteiger partial charge in [0.1, 0.15) is 11.9 Å². The van der Waals surface area contributed by atoms with Crippen LogP contribution in [0.25, 0.3) is 0 Å². The fraction of sp³-hybridized carbons (Fsp3) is 0.304. The molecule has 2 atom stereocenters. The first kappa shape index (κ1) is 23.6. The Morgan fingerprint density at radius 2 is 1.91 bits per heavy atom. The van der Waals surface area contributed by atoms with Gasteiger partial charge >= 0.3 is 0 Å². The Morgan fingerprint density at radius 3 is 2.52 bits per heavy atom. The molecule has 1 aromatic heterocycles. The third-order valence-electron chi connectivity index (χ3n) is 5.51. The van der Waals surface area contributed by atoms with Crippen LogP contribution in [0.4, 0.5) is 0 Å². The van der Waals surface area contributed by atoms with E-state index in [0.29, 0.717) is 17.5 Å². The number of benzene rings is 2. The monoisotopic (exact) mass is 534 g/mol. The van der Waals surface area contributed by atoms with Gasteiger partial charge < -0.3 is 14.6 Å². The van der Waals surface area contributed by atoms with E-state index in [1.54, 1.807) is 12.1 Å². The number of ether oxygens (including phenoxy) is 2. The summed E-state index contributed by atoms with van der Waals surface area (Å²) in [7, 11) is -2.86. The number of rotatable bonds is 7. The standard InChI is InChI=1S/C23H23BrN2O6S/c1-31-14-18(15-6-3-2-4-7-15)26-21(19-8-5-13-32-19)25-22(27)20(23(26)28)33(29,30)17-11-9-16(24)10-12-17/h2-4,6-7,9-12,18-19,27H,5,8,13-14H2,1H3/t18-,19?/m0/s1. The van der Waals surface area contributed by atoms with Crippen LogP contribution in [0.3, 0.4) is 0 Å². The van der Waals surface area contributed by atoms with Gasteiger partial charge in [-0.15, -0.1) is 0 Å². The highest BCUT2D eigenvalue weighted by Crippen LogP contribution is 2.33. The molecule has 1 saturated heterocycles. The summed E-state index contributed by atoms with van der Waals surface area (Å²) in [5, 5.41) is 10.7. The summed E-state index contributed by atoms with van der Waals surface area (Å²) in [5.74, 6) is -0.662. The van der Waals surface area contributed by atoms with Gasteiger partial charge in [0.15, 0.2) is 4.90 Å². The first-order chi connectivity index (χ1) is 15.8. The Morgan fingerprint density at radius 1 is 1.21 bits per heavy atom. The lowest BCUT2D eigenvalue weighted by Crippen LogP contribution is -2.36. The predicted octanol–water partition coefficient (Wildman–Crippen LogP) is 3.63. The van der Waals surface area contributed by atoms with Crippen molar-refractivity contribution in [2.75, 3.05) is 20.3 Å². The number of hydrogen-bond acceptors (Lipinski definition) is 7. The molecule has 4 rings (SSSR count). The minimum Gasteiger partial charge on any atom is -0.492 e. The summed E-state index contributed by atoms with van der Waals surface area (Å²) >= 11 is 3.27. The maximum absolute atomic E-state index is 13.8. The third kappa shape index (κ3) is 4.61. The lowest BCUT2D eigenvalue weighted by atomic mass is 10.1. The van der Waals surface area contributed by atoms with E-state index >= 15 is 0 Å². The van der Waals surface area contributed by atoms with Gasteiger partial charge in [0, 0.05) is 18.2 Å². The second-order valence-corrected chi connectivity index (χ2v) is 10.4. The second kappa shape index (κ2) is 9.76. The summed E-state index contributed by atoms with van der Waals surface area (Å²) < 4.78 is 39.9. The van der Waals surface area contributed by atoms with Crippen LogP contribution in [0, 0.1) is 0 Å². The Bertz CT molecular complexity index is 1290. The smallest absolute Gasteiger partial charge is 0.277 e. The first-order valence-corrected chi connectivity index (χ1v) is 12.6. The lowest BCUT2D eigenvalue weighted by Gasteiger charge is -2.25. The summed E-state index contributed by atoms with van der Waals surface area (Å²) in [6, 6.07) is 14.3. The zero-order valence-corrected chi connectivity index (χ0v) is 20.3. The highest BCUT2D eigenvalue weighted by atomic mass is 79.9. The van der Waals surface area contributed by atoms with E-state index < -0.39 is 38.3 Å². The Kier molecular flexibility index (Phi) is 6.99. The summed E-state index contributed by atoms with van der Waals surface area (Å²) in [6.45, 7) is 0.578. The molecule has 0 spiro atoms. The molecule has 174 valence electrons. The molecule has 0 amide bonds. The van der Waals surface area contributed by atoms with E-state index in [9.17, 15) is 18.3 Å². The van der Waals surface area contributed by atoms with E-state index in [1.165, 1.54) is 23.8 Å². The van der Waals surface area contributed by atoms with E-state index in [2.05, 4.69) is 20.9 Å². The van der Waals surface area contributed by atoms with Crippen LogP contribution in [0.15, 0.2) is 73.7 Å². The van der Waals surface area contributed by atoms with E-state index in [-0.39, 0.29) is 17.3 Å². The van der Waals surface area contributed by atoms with Gasteiger partial charge in [-0.2, -0.15) is 4.98 Å². The van der Waals surface area contributed by atoms with Crippen LogP contribution in [0.1, 0.15) is 36.4 Å². The number of aromatic nitrogens is 2. The number of aromatic hydroxyl groups is 1. The van der Waals surface area contributed by atoms with E-state index in [0.717, 1.165) is 12.0 Å². The summed E-state index contributed by atoms with van der Waals surface area (Å²) in [5.41, 5.74) is -0.137. The van der Waals surface area contributed by atoms with Crippen molar-refractivity contribution in [1.29, 1.82) is 0 Å². The molecule has 8 nitrogen and oxygen atoms in total. The lowest BCUT2D eigenvalue weighted by molar-refractivity contribution is 0.0935. The first-order valence-electron chi connectivity index (χ1n) is 10.4. The molecule has 0 saturated carbocycles. The molecule has 1 fully saturated rings. The summed E-state index contributed by atoms with van der Waals surface area (Å²) in [4.78, 5) is 17.1. The number of halogens is 1. The van der Waals surface area contributed by atoms with Crippen molar-refractivity contribution in [3.05, 3.63) is 80.8 Å². The van der Waals surface area contributed by atoms with Crippen molar-refractivity contribution < 1.29 is 23.0 Å². The average Bonchev–Trinajstić information content (AvgIpc) is 3.33. The van der Waals surface area contributed by atoms with Crippen molar-refractivity contribution in [2.45, 2.75) is 34.8 Å². The zero-order valence-electron chi connectivity index (χ0n) is 17.8. The van der Waals surface area contributed by atoms with Crippen molar-refractivity contribution >= 4 is 25.8 Å². The van der Waals surface area contributed by atoms with E-state index in [1.807, 2.05) is 30.3 Å². The maximum atomic E-state index is 13.8. The van der Waals surface area contributed by atoms with Crippen LogP contribution in [-0.4, -0.2) is 43.4 Å². The van der Waals surface area contributed by atoms with Crippen LogP contribution in [0.2, 0.25) is 0 Å². The van der Waals surface area contributed by atoms with Crippen molar-refractivity contribution in [2.24, 2.45) is 0 Å². The third-order valence-corrected chi connectivity index (χ3v) is 7.83. The maximum Gasteiger partial charge on any atom is 0.277 e. The van der Waals surface area contributed by atoms with Gasteiger partial charge in [-0.25, -0.2) is 8.42 Å². The van der Waals surface area contributed by atoms with Crippen LogP contribution >= 0.6 is 15.9 Å². The zero-order chi connectivity index (χ0) is 23.6. The average molecular weight is 535 g/mol. The van der Waals surface area contributed by atoms with Crippen LogP contribution in [0.5, 0.6) is 5.88 Å². The molecule has 0 bridgehead atoms. The topological polar surface area (TPSA) is 108 Å². The predicted molar refractivity (Wildman–Crippen MR) is 124 cm³/mol. The Hall–Kier alpha value is -2.53. The largest absolute Gasteiger partial charge is 0.492 e. The molecule has 33 heavy (non-hydrogen) atoms. The molecular formula is C23H23BrN2O6S. The van der Waals surface area contributed by atoms with Crippen LogP contribution in [-0.2, 0) is 19.3 Å². The quantitative estimate of drug-likeness (QED) is 0.492. The minimum absolute atomic E-state index is 0.0911. The molecule has 3 aromatic rings. The van der Waals surface area contributed by atoms with E-state index in [4.69, 9.17) is 9.47 Å². The minimum atomic E-state index is -4.36. The van der Waals surface area contributed by atoms with Gasteiger partial charge in [-0.3, -0.25) is 9.36 Å². The fourth-order valence-corrected chi connectivity index (χ4v) is 5.56. The highest BCUT2D eigenvalue weighted by Gasteiger charge is 2.35. The molecule has 1 aliphatic heterocycles. The molecule has 0 aliphatic carbocycles. The molecule has 1 aliphatic rings. The molecule has 2 aromatic carbocycles. The SMILES string of the molecule is COC[C@@H](c1ccccc1)n1c(C2CCCO2)nc(O)c(S(=O)(=O)c2ccc(Br)cc2)c1=O. The Labute approximate surface area is 199 Å². The molecule has 10 heteroatoms. The second-order valence-electron chi connectivity index (χ2n) is 7.64. The van der Waals surface area contributed by atoms with Gasteiger partial charge in [-0.1, -0.05) is 46.3 Å². The Balaban J connectivity index is 1.99. The molecule has 1 unspecified atom stereocenters. The molecule has 2 heterocycles. The molecular weight excluding hydrogens is 512 g/mol. The number of nitrogens with zero attached hydrogens (tertiary/aromatic N) is 2. The normalized spacial score (nSPS) is 17.2. The van der Waals surface area contributed by atoms with Gasteiger partial charge in [-0.05, 0) is 42.7 Å².